The number of carbonyl (C=O) groups excluding carboxylic acids is 6. The van der Waals surface area contributed by atoms with E-state index in [2.05, 4.69) is 16.0 Å². The van der Waals surface area contributed by atoms with E-state index in [1.807, 2.05) is 0 Å². The molecule has 288 valence electrons. The number of ether oxygens (including phenoxy) is 2. The Hall–Kier alpha value is -5.75. The minimum absolute atomic E-state index is 0.0759. The van der Waals surface area contributed by atoms with Gasteiger partial charge in [-0.3, -0.25) is 19.2 Å². The van der Waals surface area contributed by atoms with Crippen LogP contribution in [0.15, 0.2) is 54.6 Å². The van der Waals surface area contributed by atoms with Crippen LogP contribution in [0.1, 0.15) is 69.6 Å². The van der Waals surface area contributed by atoms with Crippen LogP contribution < -0.4 is 36.3 Å². The van der Waals surface area contributed by atoms with E-state index in [1.165, 1.54) is 52.5 Å². The fourth-order valence-corrected chi connectivity index (χ4v) is 6.02. The Morgan fingerprint density at radius 3 is 1.91 bits per heavy atom. The molecule has 0 fully saturated rings. The summed E-state index contributed by atoms with van der Waals surface area (Å²) in [5.41, 5.74) is 2.77. The molecular formula is C36H40B2N4O13. The Bertz CT molecular complexity index is 1940. The molecule has 0 aliphatic carbocycles. The molecule has 55 heavy (non-hydrogen) atoms. The van der Waals surface area contributed by atoms with Crippen molar-refractivity contribution < 1.29 is 62.4 Å². The van der Waals surface area contributed by atoms with Gasteiger partial charge in [0.2, 0.25) is 5.91 Å². The smallest absolute Gasteiger partial charge is 0.491 e. The normalized spacial score (nSPS) is 14.4. The molecule has 5 N–H and O–H groups in total. The van der Waals surface area contributed by atoms with E-state index in [1.54, 1.807) is 30.3 Å². The van der Waals surface area contributed by atoms with Crippen molar-refractivity contribution in [2.24, 2.45) is 0 Å². The molecule has 2 aliphatic rings. The summed E-state index contributed by atoms with van der Waals surface area (Å²) < 4.78 is 21.2. The Morgan fingerprint density at radius 1 is 0.836 bits per heavy atom. The quantitative estimate of drug-likeness (QED) is 0.0728. The number of fused-ring (bicyclic) bond motifs is 2. The van der Waals surface area contributed by atoms with Crippen LogP contribution in [0.3, 0.4) is 0 Å². The van der Waals surface area contributed by atoms with E-state index in [4.69, 9.17) is 23.6 Å². The summed E-state index contributed by atoms with van der Waals surface area (Å²) in [7, 11) is 1.59. The first-order valence-corrected chi connectivity index (χ1v) is 17.2. The molecule has 2 heterocycles. The highest BCUT2D eigenvalue weighted by Crippen LogP contribution is 2.29. The third-order valence-electron chi connectivity index (χ3n) is 9.10. The van der Waals surface area contributed by atoms with Crippen molar-refractivity contribution in [2.45, 2.75) is 57.5 Å². The number of hydrogen-bond donors (Lipinski definition) is 5. The topological polar surface area (TPSA) is 228 Å². The summed E-state index contributed by atoms with van der Waals surface area (Å²) in [6, 6.07) is 10.1. The largest absolute Gasteiger partial charge is 0.497 e. The zero-order valence-electron chi connectivity index (χ0n) is 30.5. The van der Waals surface area contributed by atoms with Crippen molar-refractivity contribution >= 4 is 61.0 Å². The second kappa shape index (κ2) is 18.1. The number of rotatable bonds is 15. The molecule has 19 heteroatoms. The fraction of sp³-hybridized carbons (Fsp3) is 0.333. The number of hydrogen-bond acceptors (Lipinski definition) is 13. The van der Waals surface area contributed by atoms with Gasteiger partial charge in [-0.25, -0.2) is 4.79 Å². The average Bonchev–Trinajstić information content (AvgIpc) is 3.75. The molecule has 0 spiro atoms. The van der Waals surface area contributed by atoms with Crippen molar-refractivity contribution in [1.82, 2.24) is 21.0 Å². The van der Waals surface area contributed by atoms with Crippen molar-refractivity contribution in [1.29, 1.82) is 0 Å². The summed E-state index contributed by atoms with van der Waals surface area (Å²) in [5, 5.41) is 29.3. The summed E-state index contributed by atoms with van der Waals surface area (Å²) >= 11 is 0. The third-order valence-corrected chi connectivity index (χ3v) is 9.10. The molecule has 0 radical (unpaired) electrons. The number of methoxy groups -OCH3 is 2. The Kier molecular flexibility index (Phi) is 13.3. The first-order valence-electron chi connectivity index (χ1n) is 17.2. The molecule has 0 saturated heterocycles. The zero-order chi connectivity index (χ0) is 39.8. The van der Waals surface area contributed by atoms with Gasteiger partial charge in [-0.2, -0.15) is 5.06 Å². The fourth-order valence-electron chi connectivity index (χ4n) is 6.02. The van der Waals surface area contributed by atoms with E-state index in [9.17, 15) is 38.8 Å². The molecule has 5 rings (SSSR count). The van der Waals surface area contributed by atoms with Crippen LogP contribution in [0.5, 0.6) is 11.5 Å². The molecule has 0 saturated carbocycles. The predicted octanol–water partition coefficient (Wildman–Crippen LogP) is -0.801. The van der Waals surface area contributed by atoms with E-state index in [0.29, 0.717) is 50.5 Å². The first kappa shape index (κ1) is 40.4. The van der Waals surface area contributed by atoms with Gasteiger partial charge >= 0.3 is 20.2 Å². The Labute approximate surface area is 316 Å². The highest BCUT2D eigenvalue weighted by atomic mass is 16.7. The van der Waals surface area contributed by atoms with Gasteiger partial charge in [0.15, 0.2) is 0 Å². The van der Waals surface area contributed by atoms with Crippen LogP contribution in [0.2, 0.25) is 0 Å². The maximum Gasteiger partial charge on any atom is 0.491 e. The van der Waals surface area contributed by atoms with Gasteiger partial charge in [-0.1, -0.05) is 12.1 Å². The number of carbonyl (C=O) groups is 6. The molecule has 4 amide bonds. The average molecular weight is 758 g/mol. The highest BCUT2D eigenvalue weighted by molar-refractivity contribution is 6.62. The lowest BCUT2D eigenvalue weighted by Gasteiger charge is -2.28. The minimum atomic E-state index is -1.48. The van der Waals surface area contributed by atoms with Crippen LogP contribution in [-0.2, 0) is 46.5 Å². The van der Waals surface area contributed by atoms with Crippen LogP contribution in [-0.4, -0.2) is 98.6 Å². The van der Waals surface area contributed by atoms with E-state index in [0.717, 1.165) is 0 Å². The van der Waals surface area contributed by atoms with Crippen LogP contribution >= 0.6 is 0 Å². The Morgan fingerprint density at radius 2 is 1.38 bits per heavy atom. The number of aldehydes is 1. The van der Waals surface area contributed by atoms with Gasteiger partial charge in [0.1, 0.15) is 23.8 Å². The van der Waals surface area contributed by atoms with Gasteiger partial charge in [-0.15, -0.1) is 0 Å². The number of nitrogens with zero attached hydrogens (tertiary/aromatic N) is 1. The molecule has 3 unspecified atom stereocenters. The molecule has 3 aromatic carbocycles. The van der Waals surface area contributed by atoms with Gasteiger partial charge in [0.05, 0.1) is 45.9 Å². The lowest BCUT2D eigenvalue weighted by Crippen LogP contribution is -2.58. The monoisotopic (exact) mass is 758 g/mol. The maximum absolute atomic E-state index is 14.3. The number of hydroxylamine groups is 2. The van der Waals surface area contributed by atoms with Crippen LogP contribution in [0.4, 0.5) is 0 Å². The Balaban J connectivity index is 1.44. The summed E-state index contributed by atoms with van der Waals surface area (Å²) in [4.78, 5) is 83.0. The molecule has 17 nitrogen and oxygen atoms in total. The zero-order valence-corrected chi connectivity index (χ0v) is 30.5. The molecule has 3 atom stereocenters. The third kappa shape index (κ3) is 9.87. The van der Waals surface area contributed by atoms with Gasteiger partial charge in [0.25, 0.3) is 17.7 Å². The predicted molar refractivity (Wildman–Crippen MR) is 195 cm³/mol. The SMILES string of the molecule is COc1cc(OC)cc(C(CC(=O)ON(C)C(=O)CCC=O)NC(=O)C(NC(=O)c2ccc3c(c2)B(O)OC3)C(C)NC(=O)c2ccc3c(c2)B(O)OC3)c1. The van der Waals surface area contributed by atoms with Crippen molar-refractivity contribution in [3.8, 4) is 11.5 Å². The molecule has 2 aliphatic heterocycles. The van der Waals surface area contributed by atoms with Crippen molar-refractivity contribution in [3.63, 3.8) is 0 Å². The van der Waals surface area contributed by atoms with Crippen LogP contribution in [0, 0.1) is 0 Å². The summed E-state index contributed by atoms with van der Waals surface area (Å²) in [5.74, 6) is -3.11. The number of amides is 4. The highest BCUT2D eigenvalue weighted by Gasteiger charge is 2.34. The van der Waals surface area contributed by atoms with E-state index < -0.39 is 68.4 Å². The van der Waals surface area contributed by atoms with Gasteiger partial charge < -0.3 is 54.4 Å². The van der Waals surface area contributed by atoms with Crippen molar-refractivity contribution in [3.05, 3.63) is 82.4 Å². The number of nitrogens with one attached hydrogen (secondary N) is 3. The van der Waals surface area contributed by atoms with Crippen LogP contribution in [0.25, 0.3) is 0 Å². The second-order valence-corrected chi connectivity index (χ2v) is 12.8. The lowest BCUT2D eigenvalue weighted by molar-refractivity contribution is -0.193. The molecule has 0 bridgehead atoms. The molecular weight excluding hydrogens is 718 g/mol. The van der Waals surface area contributed by atoms with Gasteiger partial charge in [-0.05, 0) is 70.9 Å². The maximum atomic E-state index is 14.3. The van der Waals surface area contributed by atoms with Crippen molar-refractivity contribution in [2.75, 3.05) is 21.3 Å². The van der Waals surface area contributed by atoms with E-state index >= 15 is 0 Å². The molecule has 0 aromatic heterocycles. The van der Waals surface area contributed by atoms with E-state index in [-0.39, 0.29) is 37.2 Å². The van der Waals surface area contributed by atoms with Gasteiger partial charge in [0, 0.05) is 37.1 Å². The summed E-state index contributed by atoms with van der Waals surface area (Å²) in [6.45, 7) is 1.82. The lowest BCUT2D eigenvalue weighted by atomic mass is 9.78. The standard InChI is InChI=1S/C36H40B2N4O13/c1-20(39-34(46)21-7-9-23-18-53-37(49)28(23)14-21)33(41-35(47)22-8-10-24-19-54-38(50)29(24)15-22)36(48)40-30(25-12-26(51-3)16-27(13-25)52-4)17-32(45)55-42(2)31(44)6-5-11-43/h7-16,20,30,33,49-50H,5-6,17-19H2,1-4H3,(H,39,46)(H,40,48)(H,41,47). The summed E-state index contributed by atoms with van der Waals surface area (Å²) in [6.07, 6.45) is -0.243. The minimum Gasteiger partial charge on any atom is -0.497 e. The molecule has 3 aromatic rings. The first-order chi connectivity index (χ1) is 26.3. The number of benzene rings is 3. The second-order valence-electron chi connectivity index (χ2n) is 12.8.